The van der Waals surface area contributed by atoms with Gasteiger partial charge in [-0.1, -0.05) is 17.4 Å². The summed E-state index contributed by atoms with van der Waals surface area (Å²) in [7, 11) is 0. The first-order valence-corrected chi connectivity index (χ1v) is 5.34. The van der Waals surface area contributed by atoms with Crippen molar-refractivity contribution in [3.8, 4) is 0 Å². The zero-order chi connectivity index (χ0) is 12.3. The molecule has 0 unspecified atom stereocenters. The summed E-state index contributed by atoms with van der Waals surface area (Å²) in [6, 6.07) is 1.75. The van der Waals surface area contributed by atoms with Crippen LogP contribution in [0.4, 0.5) is 5.69 Å². The number of pyridine rings is 1. The lowest BCUT2D eigenvalue weighted by Crippen LogP contribution is -2.13. The molecule has 3 N–H and O–H groups in total. The average Bonchev–Trinajstić information content (AvgIpc) is 2.73. The molecule has 6 nitrogen and oxygen atoms in total. The summed E-state index contributed by atoms with van der Waals surface area (Å²) in [5.74, 6) is 1.10. The standard InChI is InChI=1S/C10H11N5OS/c1-6-14-9(16-15-6)5-13-8-4-12-3-2-7(8)10(11)17/h2-4,13H,5H2,1H3,(H2,11,17). The molecule has 0 atom stereocenters. The highest BCUT2D eigenvalue weighted by Crippen LogP contribution is 2.14. The molecular weight excluding hydrogens is 238 g/mol. The van der Waals surface area contributed by atoms with E-state index in [1.807, 2.05) is 0 Å². The van der Waals surface area contributed by atoms with Crippen molar-refractivity contribution in [2.24, 2.45) is 5.73 Å². The molecule has 88 valence electrons. The van der Waals surface area contributed by atoms with E-state index in [1.54, 1.807) is 25.4 Å². The zero-order valence-electron chi connectivity index (χ0n) is 9.17. The Balaban J connectivity index is 2.11. The zero-order valence-corrected chi connectivity index (χ0v) is 9.99. The Labute approximate surface area is 103 Å². The van der Waals surface area contributed by atoms with Gasteiger partial charge in [-0.25, -0.2) is 0 Å². The van der Waals surface area contributed by atoms with Crippen LogP contribution in [0.5, 0.6) is 0 Å². The van der Waals surface area contributed by atoms with E-state index in [1.165, 1.54) is 0 Å². The van der Waals surface area contributed by atoms with Crippen molar-refractivity contribution in [1.82, 2.24) is 15.1 Å². The largest absolute Gasteiger partial charge is 0.389 e. The van der Waals surface area contributed by atoms with Crippen LogP contribution in [0.15, 0.2) is 23.0 Å². The molecule has 0 aliphatic heterocycles. The van der Waals surface area contributed by atoms with Gasteiger partial charge in [0, 0.05) is 11.8 Å². The number of aromatic nitrogens is 3. The monoisotopic (exact) mass is 249 g/mol. The number of aryl methyl sites for hydroxylation is 1. The Bertz CT molecular complexity index is 539. The van der Waals surface area contributed by atoms with E-state index >= 15 is 0 Å². The lowest BCUT2D eigenvalue weighted by Gasteiger charge is -2.07. The molecule has 0 bridgehead atoms. The second kappa shape index (κ2) is 4.88. The third-order valence-electron chi connectivity index (χ3n) is 2.09. The molecule has 7 heteroatoms. The summed E-state index contributed by atoms with van der Waals surface area (Å²) in [5.41, 5.74) is 7.09. The topological polar surface area (TPSA) is 89.9 Å². The molecule has 0 saturated heterocycles. The van der Waals surface area contributed by atoms with Crippen LogP contribution in [-0.4, -0.2) is 20.1 Å². The fraction of sp³-hybridized carbons (Fsp3) is 0.200. The highest BCUT2D eigenvalue weighted by atomic mass is 32.1. The molecule has 0 fully saturated rings. The predicted molar refractivity (Wildman–Crippen MR) is 66.5 cm³/mol. The van der Waals surface area contributed by atoms with Crippen molar-refractivity contribution in [2.75, 3.05) is 5.32 Å². The highest BCUT2D eigenvalue weighted by Gasteiger charge is 2.07. The molecule has 2 aromatic heterocycles. The lowest BCUT2D eigenvalue weighted by molar-refractivity contribution is 0.379. The van der Waals surface area contributed by atoms with E-state index < -0.39 is 0 Å². The smallest absolute Gasteiger partial charge is 0.245 e. The maximum atomic E-state index is 5.60. The summed E-state index contributed by atoms with van der Waals surface area (Å²) in [6.07, 6.45) is 3.29. The molecule has 2 heterocycles. The Morgan fingerprint density at radius 1 is 1.59 bits per heavy atom. The molecule has 0 aromatic carbocycles. The van der Waals surface area contributed by atoms with Gasteiger partial charge in [-0.15, -0.1) is 0 Å². The predicted octanol–water partition coefficient (Wildman–Crippen LogP) is 1.02. The number of nitrogens with one attached hydrogen (secondary N) is 1. The first-order valence-electron chi connectivity index (χ1n) is 4.93. The maximum Gasteiger partial charge on any atom is 0.245 e. The van der Waals surface area contributed by atoms with Crippen LogP contribution in [0.3, 0.4) is 0 Å². The molecule has 0 amide bonds. The third kappa shape index (κ3) is 2.76. The van der Waals surface area contributed by atoms with Crippen LogP contribution in [0, 0.1) is 6.92 Å². The number of nitrogens with two attached hydrogens (primary N) is 1. The molecule has 2 rings (SSSR count). The van der Waals surface area contributed by atoms with Gasteiger partial charge in [0.05, 0.1) is 18.4 Å². The van der Waals surface area contributed by atoms with Gasteiger partial charge in [0.15, 0.2) is 5.82 Å². The van der Waals surface area contributed by atoms with E-state index in [-0.39, 0.29) is 0 Å². The van der Waals surface area contributed by atoms with Gasteiger partial charge < -0.3 is 15.6 Å². The molecule has 0 aliphatic carbocycles. The van der Waals surface area contributed by atoms with Crippen molar-refractivity contribution in [3.63, 3.8) is 0 Å². The van der Waals surface area contributed by atoms with Crippen molar-refractivity contribution in [3.05, 3.63) is 35.7 Å². The molecular formula is C10H11N5OS. The summed E-state index contributed by atoms with van der Waals surface area (Å²) in [6.45, 7) is 2.17. The van der Waals surface area contributed by atoms with E-state index in [4.69, 9.17) is 22.5 Å². The number of anilines is 1. The van der Waals surface area contributed by atoms with Crippen LogP contribution in [0.2, 0.25) is 0 Å². The van der Waals surface area contributed by atoms with Crippen LogP contribution in [0.1, 0.15) is 17.3 Å². The van der Waals surface area contributed by atoms with E-state index in [9.17, 15) is 0 Å². The van der Waals surface area contributed by atoms with Crippen molar-refractivity contribution < 1.29 is 4.52 Å². The van der Waals surface area contributed by atoms with E-state index in [0.29, 0.717) is 23.2 Å². The quantitative estimate of drug-likeness (QED) is 0.782. The summed E-state index contributed by atoms with van der Waals surface area (Å²) >= 11 is 4.94. The molecule has 0 saturated carbocycles. The van der Waals surface area contributed by atoms with Gasteiger partial charge in [-0.3, -0.25) is 4.98 Å². The van der Waals surface area contributed by atoms with Crippen molar-refractivity contribution in [2.45, 2.75) is 13.5 Å². The fourth-order valence-electron chi connectivity index (χ4n) is 1.33. The van der Waals surface area contributed by atoms with Crippen molar-refractivity contribution >= 4 is 22.9 Å². The molecule has 0 radical (unpaired) electrons. The summed E-state index contributed by atoms with van der Waals surface area (Å²) in [5, 5.41) is 6.79. The second-order valence-corrected chi connectivity index (χ2v) is 3.81. The molecule has 0 aliphatic rings. The molecule has 0 spiro atoms. The van der Waals surface area contributed by atoms with Crippen LogP contribution in [0.25, 0.3) is 0 Å². The Morgan fingerprint density at radius 3 is 3.06 bits per heavy atom. The number of hydrogen-bond acceptors (Lipinski definition) is 6. The maximum absolute atomic E-state index is 5.60. The number of thiocarbonyl (C=S) groups is 1. The first kappa shape index (κ1) is 11.5. The minimum absolute atomic E-state index is 0.316. The van der Waals surface area contributed by atoms with Gasteiger partial charge in [-0.05, 0) is 13.0 Å². The first-order chi connectivity index (χ1) is 8.16. The number of hydrogen-bond donors (Lipinski definition) is 2. The molecule has 2 aromatic rings. The fourth-order valence-corrected chi connectivity index (χ4v) is 1.51. The Hall–Kier alpha value is -2.02. The van der Waals surface area contributed by atoms with Gasteiger partial charge >= 0.3 is 0 Å². The van der Waals surface area contributed by atoms with Gasteiger partial charge in [0.1, 0.15) is 4.99 Å². The van der Waals surface area contributed by atoms with Crippen molar-refractivity contribution in [1.29, 1.82) is 0 Å². The van der Waals surface area contributed by atoms with Gasteiger partial charge in [0.2, 0.25) is 5.89 Å². The van der Waals surface area contributed by atoms with Crippen LogP contribution >= 0.6 is 12.2 Å². The van der Waals surface area contributed by atoms with Gasteiger partial charge in [0.25, 0.3) is 0 Å². The Kier molecular flexibility index (Phi) is 3.29. The number of rotatable bonds is 4. The SMILES string of the molecule is Cc1noc(CNc2cnccc2C(N)=S)n1. The minimum Gasteiger partial charge on any atom is -0.389 e. The lowest BCUT2D eigenvalue weighted by atomic mass is 10.2. The van der Waals surface area contributed by atoms with E-state index in [2.05, 4.69) is 20.4 Å². The highest BCUT2D eigenvalue weighted by molar-refractivity contribution is 7.80. The summed E-state index contributed by atoms with van der Waals surface area (Å²) in [4.78, 5) is 8.39. The molecule has 17 heavy (non-hydrogen) atoms. The normalized spacial score (nSPS) is 10.2. The summed E-state index contributed by atoms with van der Waals surface area (Å²) < 4.78 is 4.98. The third-order valence-corrected chi connectivity index (χ3v) is 2.31. The second-order valence-electron chi connectivity index (χ2n) is 3.37. The minimum atomic E-state index is 0.316. The van der Waals surface area contributed by atoms with E-state index in [0.717, 1.165) is 11.3 Å². The van der Waals surface area contributed by atoms with Gasteiger partial charge in [-0.2, -0.15) is 4.98 Å². The van der Waals surface area contributed by atoms with Crippen LogP contribution < -0.4 is 11.1 Å². The van der Waals surface area contributed by atoms with Crippen LogP contribution in [-0.2, 0) is 6.54 Å². The average molecular weight is 249 g/mol. The Morgan fingerprint density at radius 2 is 2.41 bits per heavy atom. The number of nitrogens with zero attached hydrogens (tertiary/aromatic N) is 3.